The number of nitrogens with zero attached hydrogens (tertiary/aromatic N) is 2. The van der Waals surface area contributed by atoms with Crippen LogP contribution in [0.5, 0.6) is 0 Å². The summed E-state index contributed by atoms with van der Waals surface area (Å²) >= 11 is 11.9. The summed E-state index contributed by atoms with van der Waals surface area (Å²) in [6.07, 6.45) is -4.50. The molecule has 0 saturated carbocycles. The minimum absolute atomic E-state index is 0.0529. The smallest absolute Gasteiger partial charge is 0.322 e. The molecule has 2 aromatic rings. The van der Waals surface area contributed by atoms with Crippen LogP contribution in [-0.4, -0.2) is 42.0 Å². The van der Waals surface area contributed by atoms with Crippen molar-refractivity contribution in [3.63, 3.8) is 0 Å². The summed E-state index contributed by atoms with van der Waals surface area (Å²) in [6.45, 7) is 2.94. The second-order valence-corrected chi connectivity index (χ2v) is 7.36. The van der Waals surface area contributed by atoms with Crippen LogP contribution in [-0.2, 0) is 12.7 Å². The van der Waals surface area contributed by atoms with Crippen molar-refractivity contribution in [2.45, 2.75) is 12.7 Å². The molecule has 3 rings (SSSR count). The second-order valence-electron chi connectivity index (χ2n) is 6.52. The highest BCUT2D eigenvalue weighted by Gasteiger charge is 2.31. The number of amides is 2. The van der Waals surface area contributed by atoms with Crippen LogP contribution < -0.4 is 5.32 Å². The molecule has 0 aromatic heterocycles. The van der Waals surface area contributed by atoms with E-state index in [2.05, 4.69) is 10.2 Å². The third kappa shape index (κ3) is 5.31. The molecule has 9 heteroatoms. The molecule has 1 saturated heterocycles. The first-order chi connectivity index (χ1) is 13.2. The standard InChI is InChI=1S/C19H18Cl2F3N3O/c20-15-3-1-2-13(10-15)12-26-6-8-27(9-7-26)18(28)25-17-11-14(19(22,23)24)4-5-16(17)21/h1-5,10-11H,6-9,12H2,(H,25,28). The number of anilines is 1. The number of benzene rings is 2. The van der Waals surface area contributed by atoms with E-state index in [-0.39, 0.29) is 10.7 Å². The minimum Gasteiger partial charge on any atom is -0.322 e. The molecule has 0 spiro atoms. The van der Waals surface area contributed by atoms with Crippen molar-refractivity contribution in [2.75, 3.05) is 31.5 Å². The molecule has 1 heterocycles. The van der Waals surface area contributed by atoms with Gasteiger partial charge in [-0.2, -0.15) is 13.2 Å². The van der Waals surface area contributed by atoms with Crippen LogP contribution in [0.25, 0.3) is 0 Å². The largest absolute Gasteiger partial charge is 0.416 e. The second kappa shape index (κ2) is 8.59. The Kier molecular flexibility index (Phi) is 6.37. The fourth-order valence-corrected chi connectivity index (χ4v) is 3.37. The highest BCUT2D eigenvalue weighted by atomic mass is 35.5. The van der Waals surface area contributed by atoms with Gasteiger partial charge in [-0.15, -0.1) is 0 Å². The first kappa shape index (κ1) is 20.8. The van der Waals surface area contributed by atoms with Gasteiger partial charge in [0.15, 0.2) is 0 Å². The van der Waals surface area contributed by atoms with Gasteiger partial charge in [-0.25, -0.2) is 4.79 Å². The number of rotatable bonds is 3. The van der Waals surface area contributed by atoms with Gasteiger partial charge in [-0.1, -0.05) is 35.3 Å². The van der Waals surface area contributed by atoms with E-state index >= 15 is 0 Å². The molecule has 1 aliphatic rings. The molecule has 0 unspecified atom stereocenters. The number of hydrogen-bond donors (Lipinski definition) is 1. The Hall–Kier alpha value is -1.96. The lowest BCUT2D eigenvalue weighted by Crippen LogP contribution is -2.49. The van der Waals surface area contributed by atoms with Crippen LogP contribution in [0.3, 0.4) is 0 Å². The van der Waals surface area contributed by atoms with Crippen LogP contribution in [0.2, 0.25) is 10.0 Å². The third-order valence-electron chi connectivity index (χ3n) is 4.49. The van der Waals surface area contributed by atoms with Gasteiger partial charge >= 0.3 is 12.2 Å². The van der Waals surface area contributed by atoms with Crippen LogP contribution in [0, 0.1) is 0 Å². The number of carbonyl (C=O) groups is 1. The summed E-state index contributed by atoms with van der Waals surface area (Å²) in [7, 11) is 0. The lowest BCUT2D eigenvalue weighted by Gasteiger charge is -2.34. The van der Waals surface area contributed by atoms with Crippen LogP contribution in [0.1, 0.15) is 11.1 Å². The van der Waals surface area contributed by atoms with Crippen molar-refractivity contribution >= 4 is 34.9 Å². The first-order valence-electron chi connectivity index (χ1n) is 8.62. The van der Waals surface area contributed by atoms with Crippen molar-refractivity contribution in [1.29, 1.82) is 0 Å². The Morgan fingerprint density at radius 1 is 1.04 bits per heavy atom. The van der Waals surface area contributed by atoms with Crippen molar-refractivity contribution in [1.82, 2.24) is 9.80 Å². The van der Waals surface area contributed by atoms with Crippen molar-refractivity contribution in [3.05, 3.63) is 63.6 Å². The monoisotopic (exact) mass is 431 g/mol. The van der Waals surface area contributed by atoms with E-state index in [1.165, 1.54) is 0 Å². The minimum atomic E-state index is -4.50. The fourth-order valence-electron chi connectivity index (χ4n) is 2.99. The summed E-state index contributed by atoms with van der Waals surface area (Å²) < 4.78 is 38.6. The van der Waals surface area contributed by atoms with Crippen molar-refractivity contribution in [3.8, 4) is 0 Å². The molecule has 4 nitrogen and oxygen atoms in total. The van der Waals surface area contributed by atoms with E-state index in [4.69, 9.17) is 23.2 Å². The summed E-state index contributed by atoms with van der Waals surface area (Å²) in [5, 5.41) is 3.21. The molecule has 150 valence electrons. The fraction of sp³-hybridized carbons (Fsp3) is 0.316. The zero-order chi connectivity index (χ0) is 20.3. The lowest BCUT2D eigenvalue weighted by atomic mass is 10.2. The van der Waals surface area contributed by atoms with Gasteiger partial charge in [0, 0.05) is 37.7 Å². The first-order valence-corrected chi connectivity index (χ1v) is 9.37. The molecular formula is C19H18Cl2F3N3O. The molecular weight excluding hydrogens is 414 g/mol. The molecule has 28 heavy (non-hydrogen) atoms. The molecule has 2 aromatic carbocycles. The molecule has 0 radical (unpaired) electrons. The molecule has 0 atom stereocenters. The Balaban J connectivity index is 1.57. The third-order valence-corrected chi connectivity index (χ3v) is 5.05. The quantitative estimate of drug-likeness (QED) is 0.709. The Bertz CT molecular complexity index is 853. The Labute approximate surface area is 170 Å². The molecule has 1 aliphatic heterocycles. The van der Waals surface area contributed by atoms with E-state index in [1.807, 2.05) is 24.3 Å². The summed E-state index contributed by atoms with van der Waals surface area (Å²) in [6, 6.07) is 9.97. The average molecular weight is 432 g/mol. The average Bonchev–Trinajstić information content (AvgIpc) is 2.63. The van der Waals surface area contributed by atoms with Crippen LogP contribution >= 0.6 is 23.2 Å². The normalized spacial score (nSPS) is 15.5. The van der Waals surface area contributed by atoms with Crippen LogP contribution in [0.15, 0.2) is 42.5 Å². The summed E-state index contributed by atoms with van der Waals surface area (Å²) in [4.78, 5) is 16.2. The van der Waals surface area contributed by atoms with Gasteiger partial charge < -0.3 is 10.2 Å². The van der Waals surface area contributed by atoms with Crippen LogP contribution in [0.4, 0.5) is 23.7 Å². The van der Waals surface area contributed by atoms with E-state index in [9.17, 15) is 18.0 Å². The zero-order valence-corrected chi connectivity index (χ0v) is 16.3. The topological polar surface area (TPSA) is 35.6 Å². The molecule has 0 bridgehead atoms. The van der Waals surface area contributed by atoms with Gasteiger partial charge in [0.2, 0.25) is 0 Å². The number of carbonyl (C=O) groups excluding carboxylic acids is 1. The van der Waals surface area contributed by atoms with E-state index in [0.717, 1.165) is 30.3 Å². The van der Waals surface area contributed by atoms with Gasteiger partial charge in [-0.3, -0.25) is 4.90 Å². The number of halogens is 5. The zero-order valence-electron chi connectivity index (χ0n) is 14.8. The lowest BCUT2D eigenvalue weighted by molar-refractivity contribution is -0.137. The predicted octanol–water partition coefficient (Wildman–Crippen LogP) is 5.36. The van der Waals surface area contributed by atoms with Crippen molar-refractivity contribution < 1.29 is 18.0 Å². The number of urea groups is 1. The van der Waals surface area contributed by atoms with Gasteiger partial charge in [-0.05, 0) is 35.9 Å². The summed E-state index contributed by atoms with van der Waals surface area (Å²) in [5.41, 5.74) is 0.169. The molecule has 1 fully saturated rings. The van der Waals surface area contributed by atoms with Crippen molar-refractivity contribution in [2.24, 2.45) is 0 Å². The molecule has 1 N–H and O–H groups in total. The highest BCUT2D eigenvalue weighted by Crippen LogP contribution is 2.34. The number of piperazine rings is 1. The maximum atomic E-state index is 12.9. The molecule has 2 amide bonds. The van der Waals surface area contributed by atoms with Gasteiger partial charge in [0.05, 0.1) is 16.3 Å². The highest BCUT2D eigenvalue weighted by molar-refractivity contribution is 6.33. The number of hydrogen-bond acceptors (Lipinski definition) is 2. The SMILES string of the molecule is O=C(Nc1cc(C(F)(F)F)ccc1Cl)N1CCN(Cc2cccc(Cl)c2)CC1. The van der Waals surface area contributed by atoms with Gasteiger partial charge in [0.1, 0.15) is 0 Å². The maximum absolute atomic E-state index is 12.9. The maximum Gasteiger partial charge on any atom is 0.416 e. The molecule has 0 aliphatic carbocycles. The number of nitrogens with one attached hydrogen (secondary N) is 1. The summed E-state index contributed by atoms with van der Waals surface area (Å²) in [5.74, 6) is 0. The van der Waals surface area contributed by atoms with E-state index in [0.29, 0.717) is 31.2 Å². The predicted molar refractivity (Wildman–Crippen MR) is 104 cm³/mol. The Morgan fingerprint density at radius 2 is 1.75 bits per heavy atom. The Morgan fingerprint density at radius 3 is 2.39 bits per heavy atom. The van der Waals surface area contributed by atoms with Gasteiger partial charge in [0.25, 0.3) is 0 Å². The number of alkyl halides is 3. The van der Waals surface area contributed by atoms with E-state index < -0.39 is 17.8 Å². The van der Waals surface area contributed by atoms with E-state index in [1.54, 1.807) is 4.90 Å².